The van der Waals surface area contributed by atoms with Crippen LogP contribution in [0.3, 0.4) is 0 Å². The highest BCUT2D eigenvalue weighted by molar-refractivity contribution is 5.74. The molecular weight excluding hydrogens is 160 g/mol. The van der Waals surface area contributed by atoms with Gasteiger partial charge in [-0.05, 0) is 30.7 Å². The van der Waals surface area contributed by atoms with Crippen LogP contribution in [0.5, 0.6) is 0 Å². The van der Waals surface area contributed by atoms with Crippen LogP contribution in [0.1, 0.15) is 5.56 Å². The molecule has 0 amide bonds. The minimum absolute atomic E-state index is 0.822. The molecule has 0 atom stereocenters. The molecule has 0 bridgehead atoms. The zero-order valence-corrected chi connectivity index (χ0v) is 7.54. The van der Waals surface area contributed by atoms with Crippen LogP contribution in [0.15, 0.2) is 36.5 Å². The fraction of sp³-hybridized carbons (Fsp3) is 0.0909. The van der Waals surface area contributed by atoms with E-state index in [0.29, 0.717) is 0 Å². The third kappa shape index (κ3) is 1.43. The monoisotopic (exact) mass is 172 g/mol. The van der Waals surface area contributed by atoms with Gasteiger partial charge in [0.05, 0.1) is 0 Å². The number of hydrogen-bond donors (Lipinski definition) is 2. The van der Waals surface area contributed by atoms with Gasteiger partial charge in [0.25, 0.3) is 0 Å². The van der Waals surface area contributed by atoms with Gasteiger partial charge in [-0.2, -0.15) is 0 Å². The summed E-state index contributed by atoms with van der Waals surface area (Å²) in [4.78, 5) is 3.13. The summed E-state index contributed by atoms with van der Waals surface area (Å²) in [5.74, 6) is 0. The molecular formula is C11H12N2. The lowest BCUT2D eigenvalue weighted by Gasteiger charge is -2.03. The molecule has 2 rings (SSSR count). The summed E-state index contributed by atoms with van der Waals surface area (Å²) >= 11 is 0. The van der Waals surface area contributed by atoms with Crippen molar-refractivity contribution in [1.29, 1.82) is 0 Å². The quantitative estimate of drug-likeness (QED) is 0.638. The molecule has 0 aliphatic heterocycles. The average Bonchev–Trinajstić information content (AvgIpc) is 2.56. The highest BCUT2D eigenvalue weighted by atomic mass is 14.7. The minimum atomic E-state index is 0.822. The van der Waals surface area contributed by atoms with E-state index in [-0.39, 0.29) is 0 Å². The molecule has 1 aromatic carbocycles. The van der Waals surface area contributed by atoms with Crippen molar-refractivity contribution >= 4 is 5.69 Å². The Bertz CT molecular complexity index is 402. The van der Waals surface area contributed by atoms with Crippen molar-refractivity contribution in [3.05, 3.63) is 42.1 Å². The first-order valence-corrected chi connectivity index (χ1v) is 4.27. The fourth-order valence-corrected chi connectivity index (χ4v) is 1.43. The number of aromatic amines is 1. The van der Waals surface area contributed by atoms with Crippen molar-refractivity contribution in [3.8, 4) is 11.3 Å². The van der Waals surface area contributed by atoms with Crippen molar-refractivity contribution in [2.45, 2.75) is 6.92 Å². The van der Waals surface area contributed by atoms with E-state index in [4.69, 9.17) is 5.73 Å². The predicted octanol–water partition coefficient (Wildman–Crippen LogP) is 2.57. The van der Waals surface area contributed by atoms with Crippen LogP contribution in [-0.2, 0) is 0 Å². The van der Waals surface area contributed by atoms with Gasteiger partial charge in [0.15, 0.2) is 0 Å². The van der Waals surface area contributed by atoms with Crippen LogP contribution < -0.4 is 5.73 Å². The average molecular weight is 172 g/mol. The van der Waals surface area contributed by atoms with Crippen LogP contribution in [-0.4, -0.2) is 4.98 Å². The molecule has 0 spiro atoms. The lowest BCUT2D eigenvalue weighted by molar-refractivity contribution is 1.39. The summed E-state index contributed by atoms with van der Waals surface area (Å²) in [5.41, 5.74) is 10.0. The molecule has 1 heterocycles. The number of rotatable bonds is 1. The highest BCUT2D eigenvalue weighted by Gasteiger charge is 2.01. The Morgan fingerprint density at radius 1 is 1.23 bits per heavy atom. The first-order valence-electron chi connectivity index (χ1n) is 4.27. The molecule has 66 valence electrons. The van der Waals surface area contributed by atoms with Crippen molar-refractivity contribution in [1.82, 2.24) is 4.98 Å². The molecule has 0 saturated heterocycles. The van der Waals surface area contributed by atoms with Crippen molar-refractivity contribution in [2.24, 2.45) is 0 Å². The normalized spacial score (nSPS) is 10.2. The number of aromatic nitrogens is 1. The molecule has 0 aliphatic carbocycles. The summed E-state index contributed by atoms with van der Waals surface area (Å²) in [6.07, 6.45) is 1.90. The molecule has 3 N–H and O–H groups in total. The van der Waals surface area contributed by atoms with Crippen LogP contribution in [0.4, 0.5) is 5.69 Å². The number of hydrogen-bond acceptors (Lipinski definition) is 1. The van der Waals surface area contributed by atoms with E-state index in [1.54, 1.807) is 0 Å². The van der Waals surface area contributed by atoms with Gasteiger partial charge in [-0.15, -0.1) is 0 Å². The van der Waals surface area contributed by atoms with Gasteiger partial charge < -0.3 is 10.7 Å². The van der Waals surface area contributed by atoms with Gasteiger partial charge in [-0.3, -0.25) is 0 Å². The molecule has 0 fully saturated rings. The Balaban J connectivity index is 2.53. The molecule has 0 saturated carbocycles. The van der Waals surface area contributed by atoms with Gasteiger partial charge in [-0.1, -0.05) is 12.1 Å². The topological polar surface area (TPSA) is 41.8 Å². The third-order valence-corrected chi connectivity index (χ3v) is 2.10. The van der Waals surface area contributed by atoms with Crippen molar-refractivity contribution in [3.63, 3.8) is 0 Å². The minimum Gasteiger partial charge on any atom is -0.398 e. The maximum Gasteiger partial charge on any atom is 0.0474 e. The van der Waals surface area contributed by atoms with Crippen LogP contribution >= 0.6 is 0 Å². The first-order chi connectivity index (χ1) is 6.27. The highest BCUT2D eigenvalue weighted by Crippen LogP contribution is 2.24. The summed E-state index contributed by atoms with van der Waals surface area (Å²) in [6, 6.07) is 10.1. The number of nitrogens with one attached hydrogen (secondary N) is 1. The molecule has 13 heavy (non-hydrogen) atoms. The maximum atomic E-state index is 5.89. The van der Waals surface area contributed by atoms with Gasteiger partial charge in [0.1, 0.15) is 0 Å². The summed E-state index contributed by atoms with van der Waals surface area (Å²) < 4.78 is 0. The SMILES string of the molecule is Cc1ccc(-c2ccc[nH]2)c(N)c1. The number of nitrogens with two attached hydrogens (primary N) is 1. The Kier molecular flexibility index (Phi) is 1.81. The van der Waals surface area contributed by atoms with Crippen LogP contribution in [0.2, 0.25) is 0 Å². The summed E-state index contributed by atoms with van der Waals surface area (Å²) in [5, 5.41) is 0. The standard InChI is InChI=1S/C11H12N2/c1-8-4-5-9(10(12)7-8)11-3-2-6-13-11/h2-7,13H,12H2,1H3. The fourth-order valence-electron chi connectivity index (χ4n) is 1.43. The van der Waals surface area contributed by atoms with E-state index in [2.05, 4.69) is 11.1 Å². The van der Waals surface area contributed by atoms with Gasteiger partial charge >= 0.3 is 0 Å². The molecule has 2 heteroatoms. The number of anilines is 1. The largest absolute Gasteiger partial charge is 0.398 e. The molecule has 0 unspecified atom stereocenters. The second kappa shape index (κ2) is 2.98. The number of H-pyrrole nitrogens is 1. The van der Waals surface area contributed by atoms with Crippen molar-refractivity contribution < 1.29 is 0 Å². The molecule has 0 aliphatic rings. The smallest absolute Gasteiger partial charge is 0.0474 e. The van der Waals surface area contributed by atoms with Crippen LogP contribution in [0, 0.1) is 6.92 Å². The van der Waals surface area contributed by atoms with E-state index in [9.17, 15) is 0 Å². The molecule has 2 nitrogen and oxygen atoms in total. The second-order valence-corrected chi connectivity index (χ2v) is 3.17. The van der Waals surface area contributed by atoms with Gasteiger partial charge in [0, 0.05) is 23.1 Å². The van der Waals surface area contributed by atoms with E-state index >= 15 is 0 Å². The Labute approximate surface area is 77.4 Å². The lowest BCUT2D eigenvalue weighted by Crippen LogP contribution is -1.90. The van der Waals surface area contributed by atoms with Gasteiger partial charge in [0.2, 0.25) is 0 Å². The first kappa shape index (κ1) is 7.92. The Morgan fingerprint density at radius 3 is 2.69 bits per heavy atom. The number of nitrogen functional groups attached to an aromatic ring is 1. The Hall–Kier alpha value is -1.70. The molecule has 0 radical (unpaired) electrons. The maximum absolute atomic E-state index is 5.89. The second-order valence-electron chi connectivity index (χ2n) is 3.17. The van der Waals surface area contributed by atoms with E-state index < -0.39 is 0 Å². The summed E-state index contributed by atoms with van der Waals surface area (Å²) in [6.45, 7) is 2.04. The Morgan fingerprint density at radius 2 is 2.08 bits per heavy atom. The number of benzene rings is 1. The van der Waals surface area contributed by atoms with Gasteiger partial charge in [-0.25, -0.2) is 0 Å². The van der Waals surface area contributed by atoms with Crippen molar-refractivity contribution in [2.75, 3.05) is 5.73 Å². The predicted molar refractivity (Wildman–Crippen MR) is 55.4 cm³/mol. The van der Waals surface area contributed by atoms with Crippen LogP contribution in [0.25, 0.3) is 11.3 Å². The van der Waals surface area contributed by atoms with E-state index in [1.165, 1.54) is 5.56 Å². The van der Waals surface area contributed by atoms with E-state index in [0.717, 1.165) is 16.9 Å². The molecule has 1 aromatic heterocycles. The zero-order valence-electron chi connectivity index (χ0n) is 7.54. The number of aryl methyl sites for hydroxylation is 1. The third-order valence-electron chi connectivity index (χ3n) is 2.10. The zero-order chi connectivity index (χ0) is 9.26. The lowest BCUT2D eigenvalue weighted by atomic mass is 10.1. The molecule has 2 aromatic rings. The van der Waals surface area contributed by atoms with E-state index in [1.807, 2.05) is 37.4 Å². The summed E-state index contributed by atoms with van der Waals surface area (Å²) in [7, 11) is 0.